The molecule has 22 heavy (non-hydrogen) atoms. The Balaban J connectivity index is 2.57. The number of nitro benzene ring substituents is 1. The van der Waals surface area contributed by atoms with Crippen molar-refractivity contribution in [3.8, 4) is 11.1 Å². The van der Waals surface area contributed by atoms with Crippen molar-refractivity contribution in [3.05, 3.63) is 58.4 Å². The van der Waals surface area contributed by atoms with Gasteiger partial charge in [-0.05, 0) is 29.3 Å². The highest BCUT2D eigenvalue weighted by Gasteiger charge is 2.23. The standard InChI is InChI=1S/C14H13FN2O4S/c1-16(22(2,20)21)13-8-5-11(9-14(13)17(18)19)10-3-6-12(15)7-4-10/h3-9H,1-2H3. The van der Waals surface area contributed by atoms with Crippen molar-refractivity contribution in [2.75, 3.05) is 17.6 Å². The molecule has 0 heterocycles. The van der Waals surface area contributed by atoms with E-state index >= 15 is 0 Å². The van der Waals surface area contributed by atoms with E-state index < -0.39 is 20.8 Å². The van der Waals surface area contributed by atoms with Gasteiger partial charge in [0.05, 0.1) is 11.2 Å². The molecule has 8 heteroatoms. The molecule has 6 nitrogen and oxygen atoms in total. The van der Waals surface area contributed by atoms with Crippen molar-refractivity contribution in [2.45, 2.75) is 0 Å². The first kappa shape index (κ1) is 15.9. The van der Waals surface area contributed by atoms with Crippen LogP contribution in [0, 0.1) is 15.9 Å². The van der Waals surface area contributed by atoms with Gasteiger partial charge in [-0.25, -0.2) is 12.8 Å². The van der Waals surface area contributed by atoms with E-state index in [4.69, 9.17) is 0 Å². The smallest absolute Gasteiger partial charge is 0.267 e. The van der Waals surface area contributed by atoms with Gasteiger partial charge in [-0.1, -0.05) is 18.2 Å². The molecule has 0 saturated carbocycles. The van der Waals surface area contributed by atoms with Gasteiger partial charge >= 0.3 is 0 Å². The van der Waals surface area contributed by atoms with Crippen LogP contribution in [0.2, 0.25) is 0 Å². The summed E-state index contributed by atoms with van der Waals surface area (Å²) in [6, 6.07) is 9.66. The van der Waals surface area contributed by atoms with E-state index in [1.807, 2.05) is 0 Å². The first-order valence-corrected chi connectivity index (χ1v) is 8.03. The summed E-state index contributed by atoms with van der Waals surface area (Å²) >= 11 is 0. The second kappa shape index (κ2) is 5.72. The number of benzene rings is 2. The topological polar surface area (TPSA) is 80.5 Å². The lowest BCUT2D eigenvalue weighted by atomic mass is 10.0. The fourth-order valence-electron chi connectivity index (χ4n) is 1.94. The Bertz CT molecular complexity index is 819. The highest BCUT2D eigenvalue weighted by atomic mass is 32.2. The van der Waals surface area contributed by atoms with E-state index in [1.165, 1.54) is 43.4 Å². The molecule has 0 unspecified atom stereocenters. The maximum atomic E-state index is 12.9. The molecule has 0 fully saturated rings. The lowest BCUT2D eigenvalue weighted by Crippen LogP contribution is -2.25. The molecule has 2 aromatic rings. The summed E-state index contributed by atoms with van der Waals surface area (Å²) in [5.41, 5.74) is 0.725. The molecule has 0 aliphatic rings. The monoisotopic (exact) mass is 324 g/mol. The fraction of sp³-hybridized carbons (Fsp3) is 0.143. The molecule has 0 aliphatic heterocycles. The molecule has 0 spiro atoms. The molecule has 2 aromatic carbocycles. The molecule has 0 atom stereocenters. The predicted molar refractivity (Wildman–Crippen MR) is 81.7 cm³/mol. The average Bonchev–Trinajstić information content (AvgIpc) is 2.45. The molecule has 0 radical (unpaired) electrons. The van der Waals surface area contributed by atoms with E-state index in [9.17, 15) is 22.9 Å². The van der Waals surface area contributed by atoms with Gasteiger partial charge in [0.25, 0.3) is 5.69 Å². The Morgan fingerprint density at radius 1 is 1.09 bits per heavy atom. The quantitative estimate of drug-likeness (QED) is 0.640. The third-order valence-corrected chi connectivity index (χ3v) is 4.38. The molecule has 2 rings (SSSR count). The van der Waals surface area contributed by atoms with Crippen LogP contribution in [0.4, 0.5) is 15.8 Å². The zero-order chi connectivity index (χ0) is 16.5. The van der Waals surface area contributed by atoms with Crippen LogP contribution >= 0.6 is 0 Å². The molecule has 0 N–H and O–H groups in total. The zero-order valence-corrected chi connectivity index (χ0v) is 12.7. The lowest BCUT2D eigenvalue weighted by Gasteiger charge is -2.17. The van der Waals surface area contributed by atoms with Crippen LogP contribution in [0.3, 0.4) is 0 Å². The third kappa shape index (κ3) is 3.22. The summed E-state index contributed by atoms with van der Waals surface area (Å²) in [7, 11) is -2.37. The summed E-state index contributed by atoms with van der Waals surface area (Å²) in [5.74, 6) is -0.410. The van der Waals surface area contributed by atoms with Gasteiger partial charge < -0.3 is 0 Å². The third-order valence-electron chi connectivity index (χ3n) is 3.19. The van der Waals surface area contributed by atoms with Crippen LogP contribution in [0.5, 0.6) is 0 Å². The summed E-state index contributed by atoms with van der Waals surface area (Å²) in [6.45, 7) is 0. The van der Waals surface area contributed by atoms with Crippen molar-refractivity contribution < 1.29 is 17.7 Å². The maximum Gasteiger partial charge on any atom is 0.294 e. The number of sulfonamides is 1. The number of anilines is 1. The Morgan fingerprint density at radius 3 is 2.14 bits per heavy atom. The normalized spacial score (nSPS) is 11.2. The Hall–Kier alpha value is -2.48. The van der Waals surface area contributed by atoms with Crippen LogP contribution in [0.15, 0.2) is 42.5 Å². The largest absolute Gasteiger partial charge is 0.294 e. The van der Waals surface area contributed by atoms with Gasteiger partial charge in [-0.15, -0.1) is 0 Å². The van der Waals surface area contributed by atoms with E-state index in [-0.39, 0.29) is 11.4 Å². The van der Waals surface area contributed by atoms with Gasteiger partial charge in [0, 0.05) is 13.1 Å². The van der Waals surface area contributed by atoms with E-state index in [0.717, 1.165) is 10.6 Å². The van der Waals surface area contributed by atoms with Crippen molar-refractivity contribution in [3.63, 3.8) is 0 Å². The van der Waals surface area contributed by atoms with Gasteiger partial charge in [0.2, 0.25) is 10.0 Å². The molecule has 116 valence electrons. The molecule has 0 saturated heterocycles. The summed E-state index contributed by atoms with van der Waals surface area (Å²) in [4.78, 5) is 10.6. The van der Waals surface area contributed by atoms with E-state index in [2.05, 4.69) is 0 Å². The molecule has 0 aliphatic carbocycles. The highest BCUT2D eigenvalue weighted by Crippen LogP contribution is 2.33. The van der Waals surface area contributed by atoms with Gasteiger partial charge in [0.15, 0.2) is 0 Å². The summed E-state index contributed by atoms with van der Waals surface area (Å²) in [6.07, 6.45) is 0.963. The number of nitro groups is 1. The molecular weight excluding hydrogens is 311 g/mol. The minimum absolute atomic E-state index is 0.0293. The first-order valence-electron chi connectivity index (χ1n) is 6.18. The van der Waals surface area contributed by atoms with Gasteiger partial charge in [-0.3, -0.25) is 14.4 Å². The van der Waals surface area contributed by atoms with Gasteiger partial charge in [-0.2, -0.15) is 0 Å². The van der Waals surface area contributed by atoms with Crippen LogP contribution < -0.4 is 4.31 Å². The number of hydrogen-bond acceptors (Lipinski definition) is 4. The minimum Gasteiger partial charge on any atom is -0.267 e. The Labute approximate surface area is 127 Å². The summed E-state index contributed by atoms with van der Waals surface area (Å²) in [5, 5.41) is 11.2. The predicted octanol–water partition coefficient (Wildman–Crippen LogP) is 2.80. The average molecular weight is 324 g/mol. The fourth-order valence-corrected chi connectivity index (χ4v) is 2.45. The van der Waals surface area contributed by atoms with Crippen LogP contribution in [-0.4, -0.2) is 26.6 Å². The molecule has 0 aromatic heterocycles. The Morgan fingerprint density at radius 2 is 1.64 bits per heavy atom. The maximum absolute atomic E-state index is 12.9. The number of rotatable bonds is 4. The van der Waals surface area contributed by atoms with E-state index in [1.54, 1.807) is 6.07 Å². The van der Waals surface area contributed by atoms with Crippen LogP contribution in [-0.2, 0) is 10.0 Å². The second-order valence-electron chi connectivity index (χ2n) is 4.70. The first-order chi connectivity index (χ1) is 10.2. The summed E-state index contributed by atoms with van der Waals surface area (Å²) < 4.78 is 36.9. The minimum atomic E-state index is -3.62. The van der Waals surface area contributed by atoms with Crippen molar-refractivity contribution >= 4 is 21.4 Å². The van der Waals surface area contributed by atoms with Gasteiger partial charge in [0.1, 0.15) is 11.5 Å². The van der Waals surface area contributed by atoms with E-state index in [0.29, 0.717) is 11.1 Å². The molecule has 0 amide bonds. The molecule has 0 bridgehead atoms. The number of hydrogen-bond donors (Lipinski definition) is 0. The SMILES string of the molecule is CN(c1ccc(-c2ccc(F)cc2)cc1[N+](=O)[O-])S(C)(=O)=O. The van der Waals surface area contributed by atoms with Crippen LogP contribution in [0.1, 0.15) is 0 Å². The Kier molecular flexibility index (Phi) is 4.14. The highest BCUT2D eigenvalue weighted by molar-refractivity contribution is 7.92. The van der Waals surface area contributed by atoms with Crippen LogP contribution in [0.25, 0.3) is 11.1 Å². The zero-order valence-electron chi connectivity index (χ0n) is 11.9. The number of nitrogens with zero attached hydrogens (tertiary/aromatic N) is 2. The number of halogens is 1. The molecular formula is C14H13FN2O4S. The van der Waals surface area contributed by atoms with Crippen molar-refractivity contribution in [1.29, 1.82) is 0 Å². The second-order valence-corrected chi connectivity index (χ2v) is 6.71. The lowest BCUT2D eigenvalue weighted by molar-refractivity contribution is -0.384. The van der Waals surface area contributed by atoms with Crippen molar-refractivity contribution in [2.24, 2.45) is 0 Å². The van der Waals surface area contributed by atoms with Crippen molar-refractivity contribution in [1.82, 2.24) is 0 Å².